The Kier molecular flexibility index (Phi) is 3.80. The minimum atomic E-state index is -0.359. The lowest BCUT2D eigenvalue weighted by Crippen LogP contribution is -2.13. The number of hydrogen-bond donors (Lipinski definition) is 0. The summed E-state index contributed by atoms with van der Waals surface area (Å²) in [7, 11) is 0. The molecule has 0 amide bonds. The Hall–Kier alpha value is -3.38. The number of esters is 1. The highest BCUT2D eigenvalue weighted by Gasteiger charge is 2.20. The molecule has 0 spiro atoms. The van der Waals surface area contributed by atoms with Gasteiger partial charge in [-0.15, -0.1) is 0 Å². The van der Waals surface area contributed by atoms with Crippen molar-refractivity contribution in [3.63, 3.8) is 0 Å². The summed E-state index contributed by atoms with van der Waals surface area (Å²) in [6, 6.07) is 18.6. The Morgan fingerprint density at radius 3 is 2.68 bits per heavy atom. The van der Waals surface area contributed by atoms with Gasteiger partial charge in [-0.3, -0.25) is 0 Å². The van der Waals surface area contributed by atoms with Gasteiger partial charge in [0.05, 0.1) is 17.2 Å². The molecule has 4 rings (SSSR count). The smallest absolute Gasteiger partial charge is 0.343 e. The number of fused-ring (bicyclic) bond motifs is 3. The molecule has 1 aliphatic rings. The predicted molar refractivity (Wildman–Crippen MR) is 97.4 cm³/mol. The third-order valence-corrected chi connectivity index (χ3v) is 4.46. The van der Waals surface area contributed by atoms with Gasteiger partial charge in [0.15, 0.2) is 0 Å². The molecule has 0 N–H and O–H groups in total. The first-order valence-electron chi connectivity index (χ1n) is 8.20. The van der Waals surface area contributed by atoms with Crippen molar-refractivity contribution in [2.75, 3.05) is 0 Å². The molecule has 3 nitrogen and oxygen atoms in total. The van der Waals surface area contributed by atoms with Gasteiger partial charge in [0.25, 0.3) is 0 Å². The maximum Gasteiger partial charge on any atom is 0.343 e. The van der Waals surface area contributed by atoms with Crippen LogP contribution in [0.3, 0.4) is 0 Å². The fourth-order valence-electron chi connectivity index (χ4n) is 3.25. The van der Waals surface area contributed by atoms with Crippen LogP contribution in [0.4, 0.5) is 0 Å². The van der Waals surface area contributed by atoms with Gasteiger partial charge in [-0.05, 0) is 65.1 Å². The van der Waals surface area contributed by atoms with E-state index >= 15 is 0 Å². The van der Waals surface area contributed by atoms with Gasteiger partial charge in [-0.25, -0.2) is 4.79 Å². The van der Waals surface area contributed by atoms with Crippen molar-refractivity contribution in [2.24, 2.45) is 0 Å². The van der Waals surface area contributed by atoms with Gasteiger partial charge in [-0.2, -0.15) is 5.26 Å². The lowest BCUT2D eigenvalue weighted by molar-refractivity contribution is 0.0733. The maximum absolute atomic E-state index is 12.8. The standard InChI is InChI=1S/C22H15NO2/c23-14-15-9-11-17(12-10-15)25-22(24)21-13-16-5-1-2-6-18(16)19-7-3-4-8-20(19)21/h1-3,5-7,9-13H,4,8H2. The van der Waals surface area contributed by atoms with Crippen LogP contribution in [0.1, 0.15) is 33.5 Å². The van der Waals surface area contributed by atoms with Crippen LogP contribution in [-0.4, -0.2) is 5.97 Å². The number of carbonyl (C=O) groups is 1. The number of benzene rings is 3. The first kappa shape index (κ1) is 15.2. The Labute approximate surface area is 145 Å². The van der Waals surface area contributed by atoms with Crippen molar-refractivity contribution >= 4 is 22.8 Å². The van der Waals surface area contributed by atoms with Crippen LogP contribution >= 0.6 is 0 Å². The number of ether oxygens (including phenoxy) is 1. The van der Waals surface area contributed by atoms with E-state index in [0.717, 1.165) is 34.7 Å². The van der Waals surface area contributed by atoms with E-state index < -0.39 is 0 Å². The molecule has 0 unspecified atom stereocenters. The molecule has 0 fully saturated rings. The molecule has 3 aromatic rings. The highest BCUT2D eigenvalue weighted by atomic mass is 16.5. The summed E-state index contributed by atoms with van der Waals surface area (Å²) in [5.41, 5.74) is 3.30. The van der Waals surface area contributed by atoms with Crippen LogP contribution in [0, 0.1) is 11.3 Å². The van der Waals surface area contributed by atoms with Gasteiger partial charge >= 0.3 is 5.97 Å². The predicted octanol–water partition coefficient (Wildman–Crippen LogP) is 4.89. The molecule has 0 heterocycles. The maximum atomic E-state index is 12.8. The molecule has 120 valence electrons. The molecule has 0 saturated heterocycles. The van der Waals surface area contributed by atoms with Crippen LogP contribution in [0.2, 0.25) is 0 Å². The molecule has 0 radical (unpaired) electrons. The Morgan fingerprint density at radius 1 is 1.08 bits per heavy atom. The molecule has 25 heavy (non-hydrogen) atoms. The highest BCUT2D eigenvalue weighted by Crippen LogP contribution is 2.31. The SMILES string of the molecule is N#Cc1ccc(OC(=O)c2cc3ccccc3c3c2CCC=C3)cc1. The Balaban J connectivity index is 1.76. The fraction of sp³-hybridized carbons (Fsp3) is 0.0909. The molecule has 3 heteroatoms. The monoisotopic (exact) mass is 325 g/mol. The summed E-state index contributed by atoms with van der Waals surface area (Å²) in [6.07, 6.45) is 5.99. The van der Waals surface area contributed by atoms with Gasteiger partial charge < -0.3 is 4.74 Å². The van der Waals surface area contributed by atoms with Gasteiger partial charge in [0.1, 0.15) is 5.75 Å². The van der Waals surface area contributed by atoms with E-state index in [9.17, 15) is 4.79 Å². The molecule has 1 aliphatic carbocycles. The Bertz CT molecular complexity index is 1040. The van der Waals surface area contributed by atoms with Crippen LogP contribution in [-0.2, 0) is 6.42 Å². The second kappa shape index (κ2) is 6.26. The second-order valence-corrected chi connectivity index (χ2v) is 6.00. The summed E-state index contributed by atoms with van der Waals surface area (Å²) >= 11 is 0. The molecule has 0 saturated carbocycles. The Morgan fingerprint density at radius 2 is 1.88 bits per heavy atom. The highest BCUT2D eigenvalue weighted by molar-refractivity contribution is 6.02. The number of hydrogen-bond acceptors (Lipinski definition) is 3. The van der Waals surface area contributed by atoms with Crippen LogP contribution in [0.25, 0.3) is 16.8 Å². The average molecular weight is 325 g/mol. The van der Waals surface area contributed by atoms with Crippen LogP contribution < -0.4 is 4.74 Å². The van der Waals surface area contributed by atoms with Crippen molar-refractivity contribution in [3.05, 3.63) is 82.9 Å². The molecule has 0 bridgehead atoms. The summed E-state index contributed by atoms with van der Waals surface area (Å²) in [5, 5.41) is 11.0. The molecule has 0 aliphatic heterocycles. The molecule has 0 atom stereocenters. The van der Waals surface area contributed by atoms with Gasteiger partial charge in [0.2, 0.25) is 0 Å². The number of rotatable bonds is 2. The van der Waals surface area contributed by atoms with E-state index in [1.54, 1.807) is 24.3 Å². The zero-order valence-electron chi connectivity index (χ0n) is 13.5. The van der Waals surface area contributed by atoms with E-state index in [1.165, 1.54) is 0 Å². The quantitative estimate of drug-likeness (QED) is 0.498. The summed E-state index contributed by atoms with van der Waals surface area (Å²) in [5.74, 6) is 0.0827. The largest absolute Gasteiger partial charge is 0.423 e. The van der Waals surface area contributed by atoms with Gasteiger partial charge in [-0.1, -0.05) is 36.4 Å². The van der Waals surface area contributed by atoms with E-state index in [0.29, 0.717) is 16.9 Å². The molecular weight excluding hydrogens is 310 g/mol. The summed E-state index contributed by atoms with van der Waals surface area (Å²) in [6.45, 7) is 0. The average Bonchev–Trinajstić information content (AvgIpc) is 2.68. The van der Waals surface area contributed by atoms with Crippen LogP contribution in [0.15, 0.2) is 60.7 Å². The minimum absolute atomic E-state index is 0.359. The third-order valence-electron chi connectivity index (χ3n) is 4.46. The fourth-order valence-corrected chi connectivity index (χ4v) is 3.25. The van der Waals surface area contributed by atoms with E-state index in [1.807, 2.05) is 24.3 Å². The molecule has 0 aromatic heterocycles. The first-order chi connectivity index (χ1) is 12.3. The van der Waals surface area contributed by atoms with Crippen molar-refractivity contribution < 1.29 is 9.53 Å². The van der Waals surface area contributed by atoms with E-state index in [4.69, 9.17) is 10.00 Å². The number of nitriles is 1. The molecule has 3 aromatic carbocycles. The number of allylic oxidation sites excluding steroid dienone is 1. The topological polar surface area (TPSA) is 50.1 Å². The van der Waals surface area contributed by atoms with E-state index in [2.05, 4.69) is 24.3 Å². The zero-order chi connectivity index (χ0) is 17.2. The van der Waals surface area contributed by atoms with E-state index in [-0.39, 0.29) is 5.97 Å². The van der Waals surface area contributed by atoms with Crippen molar-refractivity contribution in [1.82, 2.24) is 0 Å². The summed E-state index contributed by atoms with van der Waals surface area (Å²) in [4.78, 5) is 12.8. The van der Waals surface area contributed by atoms with Crippen LogP contribution in [0.5, 0.6) is 5.75 Å². The van der Waals surface area contributed by atoms with Crippen molar-refractivity contribution in [1.29, 1.82) is 5.26 Å². The lowest BCUT2D eigenvalue weighted by atomic mass is 9.88. The normalized spacial score (nSPS) is 12.4. The lowest BCUT2D eigenvalue weighted by Gasteiger charge is -2.17. The van der Waals surface area contributed by atoms with Crippen molar-refractivity contribution in [2.45, 2.75) is 12.8 Å². The zero-order valence-corrected chi connectivity index (χ0v) is 13.5. The summed E-state index contributed by atoms with van der Waals surface area (Å²) < 4.78 is 5.54. The number of nitrogens with zero attached hydrogens (tertiary/aromatic N) is 1. The molecular formula is C22H15NO2. The minimum Gasteiger partial charge on any atom is -0.423 e. The second-order valence-electron chi connectivity index (χ2n) is 6.00. The first-order valence-corrected chi connectivity index (χ1v) is 8.20. The third kappa shape index (κ3) is 2.79. The van der Waals surface area contributed by atoms with Crippen molar-refractivity contribution in [3.8, 4) is 11.8 Å². The number of carbonyl (C=O) groups excluding carboxylic acids is 1. The van der Waals surface area contributed by atoms with Gasteiger partial charge in [0, 0.05) is 0 Å².